The lowest BCUT2D eigenvalue weighted by molar-refractivity contribution is 0.398. The summed E-state index contributed by atoms with van der Waals surface area (Å²) in [6.45, 7) is 2.75. The summed E-state index contributed by atoms with van der Waals surface area (Å²) in [6.07, 6.45) is 1.54. The Morgan fingerprint density at radius 1 is 1.42 bits per heavy atom. The molecular weight excluding hydrogens is 266 g/mol. The van der Waals surface area contributed by atoms with Crippen molar-refractivity contribution in [2.45, 2.75) is 13.5 Å². The van der Waals surface area contributed by atoms with Gasteiger partial charge < -0.3 is 9.64 Å². The lowest BCUT2D eigenvalue weighted by atomic mass is 10.2. The Labute approximate surface area is 117 Å². The molecule has 0 spiro atoms. The number of pyridine rings is 1. The summed E-state index contributed by atoms with van der Waals surface area (Å²) in [5.41, 5.74) is 0.712. The number of hydrogen-bond acceptors (Lipinski definition) is 5. The predicted octanol–water partition coefficient (Wildman–Crippen LogP) is 2.09. The monoisotopic (exact) mass is 281 g/mol. The van der Waals surface area contributed by atoms with Crippen LogP contribution in [0, 0.1) is 0 Å². The summed E-state index contributed by atoms with van der Waals surface area (Å²) < 4.78 is 6.92. The standard InChI is InChI=1S/C12H16ClN5O/c1-5-18-12(17(2)3)15-11(16-18)8-6-10(19-4)14-7-9(8)13/h6-7H,5H2,1-4H3. The third kappa shape index (κ3) is 2.63. The number of halogens is 1. The molecule has 0 aliphatic rings. The smallest absolute Gasteiger partial charge is 0.223 e. The van der Waals surface area contributed by atoms with Gasteiger partial charge in [-0.1, -0.05) is 11.6 Å². The van der Waals surface area contributed by atoms with Crippen molar-refractivity contribution in [3.63, 3.8) is 0 Å². The van der Waals surface area contributed by atoms with E-state index in [-0.39, 0.29) is 0 Å². The third-order valence-corrected chi connectivity index (χ3v) is 2.93. The average Bonchev–Trinajstić information content (AvgIpc) is 2.83. The minimum atomic E-state index is 0.485. The summed E-state index contributed by atoms with van der Waals surface area (Å²) in [4.78, 5) is 10.4. The van der Waals surface area contributed by atoms with Crippen LogP contribution in [0.25, 0.3) is 11.4 Å². The minimum Gasteiger partial charge on any atom is -0.481 e. The summed E-state index contributed by atoms with van der Waals surface area (Å²) in [7, 11) is 5.41. The number of nitrogens with zero attached hydrogens (tertiary/aromatic N) is 5. The topological polar surface area (TPSA) is 56.1 Å². The fraction of sp³-hybridized carbons (Fsp3) is 0.417. The molecule has 7 heteroatoms. The molecule has 0 atom stereocenters. The maximum absolute atomic E-state index is 6.15. The van der Waals surface area contributed by atoms with Crippen LogP contribution in [0.4, 0.5) is 5.95 Å². The second-order valence-electron chi connectivity index (χ2n) is 4.15. The lowest BCUT2D eigenvalue weighted by Gasteiger charge is -2.10. The van der Waals surface area contributed by atoms with Gasteiger partial charge in [-0.2, -0.15) is 4.98 Å². The number of rotatable bonds is 4. The van der Waals surface area contributed by atoms with E-state index in [2.05, 4.69) is 15.1 Å². The zero-order chi connectivity index (χ0) is 14.0. The third-order valence-electron chi connectivity index (χ3n) is 2.63. The summed E-state index contributed by atoms with van der Waals surface area (Å²) in [6, 6.07) is 1.73. The molecule has 0 saturated heterocycles. The average molecular weight is 282 g/mol. The van der Waals surface area contributed by atoms with Gasteiger partial charge in [-0.05, 0) is 6.92 Å². The molecule has 0 saturated carbocycles. The molecule has 0 radical (unpaired) electrons. The van der Waals surface area contributed by atoms with E-state index in [1.54, 1.807) is 13.2 Å². The van der Waals surface area contributed by atoms with Crippen LogP contribution >= 0.6 is 11.6 Å². The molecule has 0 amide bonds. The second kappa shape index (κ2) is 5.44. The van der Waals surface area contributed by atoms with E-state index in [0.29, 0.717) is 22.3 Å². The van der Waals surface area contributed by atoms with Gasteiger partial charge in [-0.25, -0.2) is 9.67 Å². The molecule has 0 fully saturated rings. The quantitative estimate of drug-likeness (QED) is 0.859. The van der Waals surface area contributed by atoms with Gasteiger partial charge in [0.1, 0.15) is 0 Å². The fourth-order valence-electron chi connectivity index (χ4n) is 1.69. The van der Waals surface area contributed by atoms with Crippen molar-refractivity contribution < 1.29 is 4.74 Å². The Balaban J connectivity index is 2.52. The van der Waals surface area contributed by atoms with Crippen molar-refractivity contribution >= 4 is 17.5 Å². The van der Waals surface area contributed by atoms with E-state index in [1.807, 2.05) is 30.6 Å². The van der Waals surface area contributed by atoms with Crippen molar-refractivity contribution in [1.29, 1.82) is 0 Å². The highest BCUT2D eigenvalue weighted by atomic mass is 35.5. The molecule has 0 aliphatic carbocycles. The van der Waals surface area contributed by atoms with Crippen molar-refractivity contribution in [1.82, 2.24) is 19.7 Å². The van der Waals surface area contributed by atoms with Gasteiger partial charge in [0, 0.05) is 32.3 Å². The Bertz CT molecular complexity index is 581. The molecule has 0 bridgehead atoms. The van der Waals surface area contributed by atoms with Crippen LogP contribution in [0.3, 0.4) is 0 Å². The molecule has 2 aromatic heterocycles. The Hall–Kier alpha value is -1.82. The number of methoxy groups -OCH3 is 1. The highest BCUT2D eigenvalue weighted by Gasteiger charge is 2.15. The first-order chi connectivity index (χ1) is 9.06. The number of anilines is 1. The largest absolute Gasteiger partial charge is 0.481 e. The van der Waals surface area contributed by atoms with Crippen molar-refractivity contribution in [3.8, 4) is 17.3 Å². The number of aryl methyl sites for hydroxylation is 1. The molecule has 0 aliphatic heterocycles. The van der Waals surface area contributed by atoms with E-state index < -0.39 is 0 Å². The van der Waals surface area contributed by atoms with Gasteiger partial charge >= 0.3 is 0 Å². The van der Waals surface area contributed by atoms with Gasteiger partial charge in [0.2, 0.25) is 11.8 Å². The second-order valence-corrected chi connectivity index (χ2v) is 4.56. The lowest BCUT2D eigenvalue weighted by Crippen LogP contribution is -2.15. The maximum Gasteiger partial charge on any atom is 0.223 e. The molecule has 2 aromatic rings. The highest BCUT2D eigenvalue weighted by Crippen LogP contribution is 2.28. The molecule has 2 rings (SSSR count). The van der Waals surface area contributed by atoms with Crippen LogP contribution in [0.2, 0.25) is 5.02 Å². The van der Waals surface area contributed by atoms with Crippen molar-refractivity contribution in [2.75, 3.05) is 26.1 Å². The molecule has 0 unspecified atom stereocenters. The van der Waals surface area contributed by atoms with E-state index in [9.17, 15) is 0 Å². The zero-order valence-corrected chi connectivity index (χ0v) is 12.1. The molecular formula is C12H16ClN5O. The Morgan fingerprint density at radius 2 is 2.16 bits per heavy atom. The van der Waals surface area contributed by atoms with Gasteiger partial charge in [0.15, 0.2) is 5.82 Å². The van der Waals surface area contributed by atoms with E-state index in [1.165, 1.54) is 6.20 Å². The van der Waals surface area contributed by atoms with Crippen LogP contribution in [0.5, 0.6) is 5.88 Å². The molecule has 19 heavy (non-hydrogen) atoms. The minimum absolute atomic E-state index is 0.485. The van der Waals surface area contributed by atoms with E-state index in [0.717, 1.165) is 12.5 Å². The van der Waals surface area contributed by atoms with Crippen LogP contribution in [-0.2, 0) is 6.54 Å². The van der Waals surface area contributed by atoms with Crippen LogP contribution in [0.15, 0.2) is 12.3 Å². The highest BCUT2D eigenvalue weighted by molar-refractivity contribution is 6.33. The summed E-state index contributed by atoms with van der Waals surface area (Å²) in [5, 5.41) is 4.95. The van der Waals surface area contributed by atoms with Gasteiger partial charge in [-0.3, -0.25) is 0 Å². The first-order valence-corrected chi connectivity index (χ1v) is 6.26. The Kier molecular flexibility index (Phi) is 3.90. The zero-order valence-electron chi connectivity index (χ0n) is 11.4. The molecule has 0 N–H and O–H groups in total. The first-order valence-electron chi connectivity index (χ1n) is 5.88. The molecule has 102 valence electrons. The van der Waals surface area contributed by atoms with Gasteiger partial charge in [0.25, 0.3) is 0 Å². The van der Waals surface area contributed by atoms with Crippen molar-refractivity contribution in [2.24, 2.45) is 0 Å². The normalized spacial score (nSPS) is 10.6. The number of aromatic nitrogens is 4. The van der Waals surface area contributed by atoms with E-state index in [4.69, 9.17) is 16.3 Å². The maximum atomic E-state index is 6.15. The van der Waals surface area contributed by atoms with Gasteiger partial charge in [0.05, 0.1) is 18.3 Å². The molecule has 6 nitrogen and oxygen atoms in total. The summed E-state index contributed by atoms with van der Waals surface area (Å²) >= 11 is 6.15. The van der Waals surface area contributed by atoms with Crippen LogP contribution in [-0.4, -0.2) is 41.0 Å². The van der Waals surface area contributed by atoms with Crippen molar-refractivity contribution in [3.05, 3.63) is 17.3 Å². The molecule has 2 heterocycles. The Morgan fingerprint density at radius 3 is 2.68 bits per heavy atom. The van der Waals surface area contributed by atoms with E-state index >= 15 is 0 Å². The first kappa shape index (κ1) is 13.6. The fourth-order valence-corrected chi connectivity index (χ4v) is 1.88. The van der Waals surface area contributed by atoms with Gasteiger partial charge in [-0.15, -0.1) is 5.10 Å². The predicted molar refractivity (Wildman–Crippen MR) is 74.8 cm³/mol. The van der Waals surface area contributed by atoms with Crippen LogP contribution < -0.4 is 9.64 Å². The van der Waals surface area contributed by atoms with Crippen LogP contribution in [0.1, 0.15) is 6.92 Å². The summed E-state index contributed by atoms with van der Waals surface area (Å²) in [5.74, 6) is 1.83. The number of ether oxygens (including phenoxy) is 1. The SMILES string of the molecule is CCn1nc(-c2cc(OC)ncc2Cl)nc1N(C)C. The number of hydrogen-bond donors (Lipinski definition) is 0. The molecule has 0 aromatic carbocycles.